The Morgan fingerprint density at radius 2 is 1.76 bits per heavy atom. The number of carbonyl (C=O) groups excluding carboxylic acids is 3. The Morgan fingerprint density at radius 1 is 1.04 bits per heavy atom. The highest BCUT2D eigenvalue weighted by Crippen LogP contribution is 2.11. The minimum atomic E-state index is -1.05. The molecule has 0 spiro atoms. The topological polar surface area (TPSA) is 72.5 Å². The van der Waals surface area contributed by atoms with Crippen LogP contribution in [0.15, 0.2) is 54.6 Å². The van der Waals surface area contributed by atoms with Crippen molar-refractivity contribution in [3.05, 3.63) is 66.0 Å². The van der Waals surface area contributed by atoms with Gasteiger partial charge < -0.3 is 10.1 Å². The second kappa shape index (κ2) is 8.73. The molecule has 0 radical (unpaired) electrons. The van der Waals surface area contributed by atoms with E-state index >= 15 is 0 Å². The molecule has 2 aromatic rings. The van der Waals surface area contributed by atoms with Crippen molar-refractivity contribution in [3.63, 3.8) is 0 Å². The standard InChI is InChI=1S/C19H18FNO4/c1-13(19(24)21-16-9-5-8-15(20)12-16)25-18(23)11-10-17(22)14-6-3-2-4-7-14/h2-9,12-13H,10-11H2,1H3,(H,21,24). The summed E-state index contributed by atoms with van der Waals surface area (Å²) in [5.41, 5.74) is 0.791. The summed E-state index contributed by atoms with van der Waals surface area (Å²) in [6, 6.07) is 14.0. The predicted octanol–water partition coefficient (Wildman–Crippen LogP) is 3.36. The van der Waals surface area contributed by atoms with Crippen LogP contribution in [-0.2, 0) is 14.3 Å². The van der Waals surface area contributed by atoms with E-state index < -0.39 is 23.8 Å². The van der Waals surface area contributed by atoms with Crippen LogP contribution in [0, 0.1) is 5.82 Å². The molecule has 6 heteroatoms. The summed E-state index contributed by atoms with van der Waals surface area (Å²) in [4.78, 5) is 35.6. The van der Waals surface area contributed by atoms with Crippen LogP contribution in [0.1, 0.15) is 30.1 Å². The molecule has 0 saturated carbocycles. The third-order valence-electron chi connectivity index (χ3n) is 3.42. The van der Waals surface area contributed by atoms with Gasteiger partial charge in [0.1, 0.15) is 5.82 Å². The van der Waals surface area contributed by atoms with Crippen LogP contribution in [0.25, 0.3) is 0 Å². The third kappa shape index (κ3) is 5.84. The maximum absolute atomic E-state index is 13.1. The maximum atomic E-state index is 13.1. The number of benzene rings is 2. The minimum Gasteiger partial charge on any atom is -0.453 e. The molecule has 2 aromatic carbocycles. The number of hydrogen-bond acceptors (Lipinski definition) is 4. The van der Waals surface area contributed by atoms with Gasteiger partial charge in [0.25, 0.3) is 5.91 Å². The number of carbonyl (C=O) groups is 3. The molecule has 0 aromatic heterocycles. The molecule has 0 saturated heterocycles. The second-order valence-electron chi connectivity index (χ2n) is 5.42. The number of rotatable bonds is 7. The molecule has 5 nitrogen and oxygen atoms in total. The number of anilines is 1. The van der Waals surface area contributed by atoms with Crippen LogP contribution in [0.4, 0.5) is 10.1 Å². The van der Waals surface area contributed by atoms with Crippen LogP contribution < -0.4 is 5.32 Å². The number of hydrogen-bond donors (Lipinski definition) is 1. The molecule has 0 fully saturated rings. The number of ether oxygens (including phenoxy) is 1. The number of Topliss-reactive ketones (excluding diaryl/α,β-unsaturated/α-hetero) is 1. The molecule has 1 amide bonds. The zero-order chi connectivity index (χ0) is 18.2. The van der Waals surface area contributed by atoms with Gasteiger partial charge in [-0.1, -0.05) is 36.4 Å². The highest BCUT2D eigenvalue weighted by molar-refractivity contribution is 5.98. The van der Waals surface area contributed by atoms with Crippen molar-refractivity contribution in [2.24, 2.45) is 0 Å². The molecule has 0 aliphatic rings. The van der Waals surface area contributed by atoms with Gasteiger partial charge in [0, 0.05) is 17.7 Å². The second-order valence-corrected chi connectivity index (χ2v) is 5.42. The molecule has 2 rings (SSSR count). The van der Waals surface area contributed by atoms with Crippen LogP contribution >= 0.6 is 0 Å². The van der Waals surface area contributed by atoms with Gasteiger partial charge in [-0.05, 0) is 25.1 Å². The summed E-state index contributed by atoms with van der Waals surface area (Å²) in [5, 5.41) is 2.46. The fourth-order valence-corrected chi connectivity index (χ4v) is 2.10. The van der Waals surface area contributed by atoms with E-state index in [1.54, 1.807) is 30.3 Å². The van der Waals surface area contributed by atoms with E-state index in [9.17, 15) is 18.8 Å². The Labute approximate surface area is 144 Å². The van der Waals surface area contributed by atoms with Crippen LogP contribution in [0.3, 0.4) is 0 Å². The lowest BCUT2D eigenvalue weighted by Gasteiger charge is -2.13. The molecule has 1 unspecified atom stereocenters. The average Bonchev–Trinajstić information content (AvgIpc) is 2.60. The molecular weight excluding hydrogens is 325 g/mol. The quantitative estimate of drug-likeness (QED) is 0.618. The monoisotopic (exact) mass is 343 g/mol. The van der Waals surface area contributed by atoms with Gasteiger partial charge in [-0.3, -0.25) is 14.4 Å². The first-order chi connectivity index (χ1) is 12.0. The average molecular weight is 343 g/mol. The highest BCUT2D eigenvalue weighted by Gasteiger charge is 2.19. The predicted molar refractivity (Wildman–Crippen MR) is 90.6 cm³/mol. The molecule has 0 aliphatic heterocycles. The smallest absolute Gasteiger partial charge is 0.307 e. The minimum absolute atomic E-state index is 0.00107. The van der Waals surface area contributed by atoms with E-state index in [2.05, 4.69) is 5.32 Å². The van der Waals surface area contributed by atoms with Gasteiger partial charge in [0.15, 0.2) is 11.9 Å². The first kappa shape index (κ1) is 18.3. The molecule has 0 bridgehead atoms. The third-order valence-corrected chi connectivity index (χ3v) is 3.42. The number of nitrogens with one attached hydrogen (secondary N) is 1. The summed E-state index contributed by atoms with van der Waals surface area (Å²) in [7, 11) is 0. The summed E-state index contributed by atoms with van der Waals surface area (Å²) in [5.74, 6) is -1.88. The molecule has 1 atom stereocenters. The molecule has 25 heavy (non-hydrogen) atoms. The number of halogens is 1. The van der Waals surface area contributed by atoms with Crippen molar-refractivity contribution in [1.82, 2.24) is 0 Å². The summed E-state index contributed by atoms with van der Waals surface area (Å²) >= 11 is 0. The summed E-state index contributed by atoms with van der Waals surface area (Å²) in [6.07, 6.45) is -1.17. The van der Waals surface area contributed by atoms with Crippen molar-refractivity contribution in [2.45, 2.75) is 25.9 Å². The zero-order valence-corrected chi connectivity index (χ0v) is 13.7. The Hall–Kier alpha value is -3.02. The Morgan fingerprint density at radius 3 is 2.44 bits per heavy atom. The maximum Gasteiger partial charge on any atom is 0.307 e. The van der Waals surface area contributed by atoms with Crippen LogP contribution in [0.2, 0.25) is 0 Å². The van der Waals surface area contributed by atoms with E-state index in [-0.39, 0.29) is 24.3 Å². The Balaban J connectivity index is 1.79. The zero-order valence-electron chi connectivity index (χ0n) is 13.7. The van der Waals surface area contributed by atoms with Crippen molar-refractivity contribution >= 4 is 23.3 Å². The van der Waals surface area contributed by atoms with Crippen molar-refractivity contribution in [3.8, 4) is 0 Å². The van der Waals surface area contributed by atoms with E-state index in [0.717, 1.165) is 6.07 Å². The summed E-state index contributed by atoms with van der Waals surface area (Å²) < 4.78 is 18.1. The van der Waals surface area contributed by atoms with Crippen LogP contribution in [-0.4, -0.2) is 23.8 Å². The number of ketones is 1. The largest absolute Gasteiger partial charge is 0.453 e. The molecule has 1 N–H and O–H groups in total. The SMILES string of the molecule is CC(OC(=O)CCC(=O)c1ccccc1)C(=O)Nc1cccc(F)c1. The summed E-state index contributed by atoms with van der Waals surface area (Å²) in [6.45, 7) is 1.41. The van der Waals surface area contributed by atoms with Gasteiger partial charge in [-0.25, -0.2) is 4.39 Å². The molecule has 0 heterocycles. The fraction of sp³-hybridized carbons (Fsp3) is 0.211. The van der Waals surface area contributed by atoms with E-state index in [1.807, 2.05) is 0 Å². The normalized spacial score (nSPS) is 11.4. The van der Waals surface area contributed by atoms with E-state index in [4.69, 9.17) is 4.74 Å². The van der Waals surface area contributed by atoms with E-state index in [1.165, 1.54) is 25.1 Å². The molecule has 0 aliphatic carbocycles. The van der Waals surface area contributed by atoms with Crippen molar-refractivity contribution < 1.29 is 23.5 Å². The Kier molecular flexibility index (Phi) is 6.39. The number of amides is 1. The van der Waals surface area contributed by atoms with Crippen molar-refractivity contribution in [1.29, 1.82) is 0 Å². The number of esters is 1. The first-order valence-electron chi connectivity index (χ1n) is 7.80. The molecular formula is C19H18FNO4. The lowest BCUT2D eigenvalue weighted by Crippen LogP contribution is -2.30. The van der Waals surface area contributed by atoms with Gasteiger partial charge in [0.2, 0.25) is 0 Å². The van der Waals surface area contributed by atoms with Gasteiger partial charge in [0.05, 0.1) is 6.42 Å². The van der Waals surface area contributed by atoms with Gasteiger partial charge >= 0.3 is 5.97 Å². The first-order valence-corrected chi connectivity index (χ1v) is 7.80. The van der Waals surface area contributed by atoms with Gasteiger partial charge in [-0.2, -0.15) is 0 Å². The lowest BCUT2D eigenvalue weighted by molar-refractivity contribution is -0.153. The lowest BCUT2D eigenvalue weighted by atomic mass is 10.1. The fourth-order valence-electron chi connectivity index (χ4n) is 2.10. The molecule has 130 valence electrons. The van der Waals surface area contributed by atoms with Crippen LogP contribution in [0.5, 0.6) is 0 Å². The Bertz CT molecular complexity index is 761. The van der Waals surface area contributed by atoms with Crippen molar-refractivity contribution in [2.75, 3.05) is 5.32 Å². The highest BCUT2D eigenvalue weighted by atomic mass is 19.1. The van der Waals surface area contributed by atoms with Gasteiger partial charge in [-0.15, -0.1) is 0 Å². The van der Waals surface area contributed by atoms with E-state index in [0.29, 0.717) is 5.56 Å².